The molecule has 4 heteroatoms. The third kappa shape index (κ3) is 4.96. The highest BCUT2D eigenvalue weighted by Crippen LogP contribution is 2.32. The van der Waals surface area contributed by atoms with Gasteiger partial charge in [-0.2, -0.15) is 0 Å². The van der Waals surface area contributed by atoms with Crippen LogP contribution in [0.25, 0.3) is 0 Å². The molecule has 0 aliphatic carbocycles. The molecule has 3 nitrogen and oxygen atoms in total. The molecule has 0 unspecified atom stereocenters. The van der Waals surface area contributed by atoms with E-state index in [0.717, 1.165) is 29.2 Å². The van der Waals surface area contributed by atoms with Gasteiger partial charge in [-0.15, -0.1) is 12.4 Å². The molecule has 0 spiro atoms. The van der Waals surface area contributed by atoms with Crippen molar-refractivity contribution in [2.45, 2.75) is 20.1 Å². The van der Waals surface area contributed by atoms with E-state index in [-0.39, 0.29) is 12.4 Å². The number of rotatable bonds is 7. The molecule has 2 aromatic rings. The molecule has 0 atom stereocenters. The lowest BCUT2D eigenvalue weighted by Crippen LogP contribution is -2.09. The van der Waals surface area contributed by atoms with Crippen molar-refractivity contribution >= 4 is 12.4 Å². The Hall–Kier alpha value is -1.71. The molecule has 1 N–H and O–H groups in total. The summed E-state index contributed by atoms with van der Waals surface area (Å²) in [5, 5.41) is 3.16. The van der Waals surface area contributed by atoms with E-state index in [4.69, 9.17) is 9.47 Å². The number of halogens is 1. The van der Waals surface area contributed by atoms with Crippen LogP contribution in [0.4, 0.5) is 0 Å². The molecule has 2 aromatic carbocycles. The van der Waals surface area contributed by atoms with Crippen molar-refractivity contribution in [1.82, 2.24) is 5.32 Å². The van der Waals surface area contributed by atoms with E-state index in [1.54, 1.807) is 0 Å². The molecular weight excluding hydrogens is 286 g/mol. The minimum atomic E-state index is 0. The van der Waals surface area contributed by atoms with Gasteiger partial charge in [-0.3, -0.25) is 0 Å². The van der Waals surface area contributed by atoms with E-state index in [2.05, 4.69) is 23.5 Å². The molecule has 0 radical (unpaired) electrons. The van der Waals surface area contributed by atoms with Gasteiger partial charge in [0.25, 0.3) is 0 Å². The fourth-order valence-electron chi connectivity index (χ4n) is 2.05. The summed E-state index contributed by atoms with van der Waals surface area (Å²) < 4.78 is 11.7. The zero-order chi connectivity index (χ0) is 14.2. The van der Waals surface area contributed by atoms with Crippen LogP contribution in [0.2, 0.25) is 0 Å². The standard InChI is InChI=1S/C17H21NO2.ClH/c1-3-19-16-11-7-10-15(12-18-2)17(16)20-13-14-8-5-4-6-9-14;/h4-11,18H,3,12-13H2,1-2H3;1H. The average Bonchev–Trinajstić information content (AvgIpc) is 2.48. The van der Waals surface area contributed by atoms with Crippen LogP contribution in [0.5, 0.6) is 11.5 Å². The summed E-state index contributed by atoms with van der Waals surface area (Å²) in [5.41, 5.74) is 2.25. The lowest BCUT2D eigenvalue weighted by Gasteiger charge is -2.16. The largest absolute Gasteiger partial charge is 0.490 e. The van der Waals surface area contributed by atoms with Crippen LogP contribution in [0.15, 0.2) is 48.5 Å². The minimum absolute atomic E-state index is 0. The molecule has 114 valence electrons. The smallest absolute Gasteiger partial charge is 0.166 e. The van der Waals surface area contributed by atoms with Gasteiger partial charge in [0, 0.05) is 12.1 Å². The summed E-state index contributed by atoms with van der Waals surface area (Å²) in [6, 6.07) is 16.1. The number of ether oxygens (including phenoxy) is 2. The van der Waals surface area contributed by atoms with Gasteiger partial charge < -0.3 is 14.8 Å². The maximum absolute atomic E-state index is 5.99. The van der Waals surface area contributed by atoms with Gasteiger partial charge in [-0.25, -0.2) is 0 Å². The van der Waals surface area contributed by atoms with Crippen LogP contribution in [0.3, 0.4) is 0 Å². The highest BCUT2D eigenvalue weighted by atomic mass is 35.5. The maximum atomic E-state index is 5.99. The lowest BCUT2D eigenvalue weighted by atomic mass is 10.1. The molecule has 0 saturated carbocycles. The number of para-hydroxylation sites is 1. The van der Waals surface area contributed by atoms with Gasteiger partial charge in [0.15, 0.2) is 11.5 Å². The topological polar surface area (TPSA) is 30.5 Å². The monoisotopic (exact) mass is 307 g/mol. The first kappa shape index (κ1) is 17.3. The van der Waals surface area contributed by atoms with Gasteiger partial charge in [0.1, 0.15) is 6.61 Å². The molecule has 0 aromatic heterocycles. The summed E-state index contributed by atoms with van der Waals surface area (Å²) in [7, 11) is 1.92. The van der Waals surface area contributed by atoms with Crippen LogP contribution >= 0.6 is 12.4 Å². The third-order valence-electron chi connectivity index (χ3n) is 2.95. The van der Waals surface area contributed by atoms with Crippen LogP contribution in [0, 0.1) is 0 Å². The van der Waals surface area contributed by atoms with Crippen LogP contribution in [0.1, 0.15) is 18.1 Å². The highest BCUT2D eigenvalue weighted by molar-refractivity contribution is 5.85. The normalized spacial score (nSPS) is 9.81. The first-order valence-corrected chi connectivity index (χ1v) is 6.91. The SMILES string of the molecule is CCOc1cccc(CNC)c1OCc1ccccc1.Cl. The maximum Gasteiger partial charge on any atom is 0.166 e. The first-order chi connectivity index (χ1) is 9.85. The van der Waals surface area contributed by atoms with E-state index < -0.39 is 0 Å². The molecule has 21 heavy (non-hydrogen) atoms. The third-order valence-corrected chi connectivity index (χ3v) is 2.95. The van der Waals surface area contributed by atoms with Gasteiger partial charge >= 0.3 is 0 Å². The van der Waals surface area contributed by atoms with E-state index in [9.17, 15) is 0 Å². The van der Waals surface area contributed by atoms with Crippen molar-refractivity contribution in [2.24, 2.45) is 0 Å². The zero-order valence-corrected chi connectivity index (χ0v) is 13.3. The molecule has 0 bridgehead atoms. The van der Waals surface area contributed by atoms with Crippen molar-refractivity contribution < 1.29 is 9.47 Å². The van der Waals surface area contributed by atoms with Gasteiger partial charge in [0.05, 0.1) is 6.61 Å². The van der Waals surface area contributed by atoms with Crippen molar-refractivity contribution in [3.63, 3.8) is 0 Å². The Morgan fingerprint density at radius 1 is 0.952 bits per heavy atom. The summed E-state index contributed by atoms with van der Waals surface area (Å²) in [5.74, 6) is 1.63. The summed E-state index contributed by atoms with van der Waals surface area (Å²) in [4.78, 5) is 0. The average molecular weight is 308 g/mol. The predicted molar refractivity (Wildman–Crippen MR) is 88.4 cm³/mol. The molecule has 2 rings (SSSR count). The van der Waals surface area contributed by atoms with Crippen molar-refractivity contribution in [2.75, 3.05) is 13.7 Å². The number of nitrogens with one attached hydrogen (secondary N) is 1. The molecule has 0 fully saturated rings. The predicted octanol–water partition coefficient (Wildman–Crippen LogP) is 3.81. The van der Waals surface area contributed by atoms with Crippen LogP contribution in [-0.4, -0.2) is 13.7 Å². The molecule has 0 amide bonds. The number of hydrogen-bond donors (Lipinski definition) is 1. The van der Waals surface area contributed by atoms with Gasteiger partial charge in [0.2, 0.25) is 0 Å². The Balaban J connectivity index is 0.00000220. The summed E-state index contributed by atoms with van der Waals surface area (Å²) in [6.45, 7) is 3.91. The summed E-state index contributed by atoms with van der Waals surface area (Å²) >= 11 is 0. The fraction of sp³-hybridized carbons (Fsp3) is 0.294. The second kappa shape index (κ2) is 9.27. The molecule has 0 heterocycles. The number of hydrogen-bond acceptors (Lipinski definition) is 3. The molecule has 0 aliphatic rings. The molecular formula is C17H22ClNO2. The van der Waals surface area contributed by atoms with E-state index in [1.165, 1.54) is 0 Å². The Morgan fingerprint density at radius 2 is 1.71 bits per heavy atom. The van der Waals surface area contributed by atoms with Crippen molar-refractivity contribution in [3.05, 3.63) is 59.7 Å². The molecule has 0 saturated heterocycles. The zero-order valence-electron chi connectivity index (χ0n) is 12.5. The van der Waals surface area contributed by atoms with Gasteiger partial charge in [-0.05, 0) is 25.6 Å². The summed E-state index contributed by atoms with van der Waals surface area (Å²) in [6.07, 6.45) is 0. The van der Waals surface area contributed by atoms with Gasteiger partial charge in [-0.1, -0.05) is 42.5 Å². The Kier molecular flexibility index (Phi) is 7.65. The number of benzene rings is 2. The Bertz CT molecular complexity index is 507. The Morgan fingerprint density at radius 3 is 2.38 bits per heavy atom. The molecule has 0 aliphatic heterocycles. The second-order valence-electron chi connectivity index (χ2n) is 4.48. The highest BCUT2D eigenvalue weighted by Gasteiger charge is 2.10. The van der Waals surface area contributed by atoms with Crippen LogP contribution in [-0.2, 0) is 13.2 Å². The second-order valence-corrected chi connectivity index (χ2v) is 4.48. The van der Waals surface area contributed by atoms with Crippen molar-refractivity contribution in [1.29, 1.82) is 0 Å². The first-order valence-electron chi connectivity index (χ1n) is 6.91. The van der Waals surface area contributed by atoms with Crippen LogP contribution < -0.4 is 14.8 Å². The Labute approximate surface area is 132 Å². The quantitative estimate of drug-likeness (QED) is 0.844. The van der Waals surface area contributed by atoms with E-state index >= 15 is 0 Å². The lowest BCUT2D eigenvalue weighted by molar-refractivity contribution is 0.266. The fourth-order valence-corrected chi connectivity index (χ4v) is 2.05. The van der Waals surface area contributed by atoms with Crippen molar-refractivity contribution in [3.8, 4) is 11.5 Å². The minimum Gasteiger partial charge on any atom is -0.490 e. The van der Waals surface area contributed by atoms with E-state index in [0.29, 0.717) is 13.2 Å². The van der Waals surface area contributed by atoms with E-state index in [1.807, 2.05) is 44.3 Å².